The van der Waals surface area contributed by atoms with Crippen molar-refractivity contribution in [3.05, 3.63) is 164 Å². The van der Waals surface area contributed by atoms with Crippen molar-refractivity contribution in [3.63, 3.8) is 0 Å². The van der Waals surface area contributed by atoms with Crippen LogP contribution in [0.25, 0.3) is 97.8 Å². The molecule has 0 atom stereocenters. The summed E-state index contributed by atoms with van der Waals surface area (Å²) in [5.41, 5.74) is 5.38. The molecule has 0 radical (unpaired) electrons. The van der Waals surface area contributed by atoms with Gasteiger partial charge in [0.05, 0.1) is 0 Å². The van der Waals surface area contributed by atoms with E-state index in [2.05, 4.69) is 127 Å². The van der Waals surface area contributed by atoms with Gasteiger partial charge >= 0.3 is 0 Å². The average molecular weight is 642 g/mol. The predicted molar refractivity (Wildman–Crippen MR) is 207 cm³/mol. The fourth-order valence-electron chi connectivity index (χ4n) is 7.23. The number of hydrogen-bond donors (Lipinski definition) is 0. The van der Waals surface area contributed by atoms with Gasteiger partial charge in [-0.05, 0) is 55.6 Å². The van der Waals surface area contributed by atoms with E-state index in [1.54, 1.807) is 0 Å². The van der Waals surface area contributed by atoms with Crippen LogP contribution in [-0.2, 0) is 0 Å². The summed E-state index contributed by atoms with van der Waals surface area (Å²) < 4.78 is 2.43. The smallest absolute Gasteiger partial charge is 0.165 e. The maximum Gasteiger partial charge on any atom is 0.165 e. The van der Waals surface area contributed by atoms with Gasteiger partial charge in [0, 0.05) is 36.9 Å². The second kappa shape index (κ2) is 11.2. The summed E-state index contributed by atoms with van der Waals surface area (Å²) in [4.78, 5) is 15.1. The molecule has 228 valence electrons. The molecule has 3 nitrogen and oxygen atoms in total. The number of hydrogen-bond acceptors (Lipinski definition) is 4. The minimum Gasteiger partial charge on any atom is -0.208 e. The van der Waals surface area contributed by atoms with E-state index in [0.717, 1.165) is 16.7 Å². The Morgan fingerprint density at radius 2 is 0.714 bits per heavy atom. The maximum absolute atomic E-state index is 5.07. The van der Waals surface area contributed by atoms with Gasteiger partial charge in [-0.1, -0.05) is 152 Å². The SMILES string of the molecule is c1ccc(-c2nc(-c3ccccc3)nc(-c3cccc4c3sc3c(-c5ccc6c7ccccc7c7ccccc7c6c5)cccc34)n2)cc1. The summed E-state index contributed by atoms with van der Waals surface area (Å²) >= 11 is 1.82. The molecule has 10 rings (SSSR count). The summed E-state index contributed by atoms with van der Waals surface area (Å²) in [6.07, 6.45) is 0. The molecule has 0 aliphatic rings. The number of benzene rings is 8. The van der Waals surface area contributed by atoms with Crippen LogP contribution in [0.1, 0.15) is 0 Å². The van der Waals surface area contributed by atoms with Gasteiger partial charge in [-0.15, -0.1) is 11.3 Å². The number of aromatic nitrogens is 3. The van der Waals surface area contributed by atoms with E-state index in [9.17, 15) is 0 Å². The lowest BCUT2D eigenvalue weighted by Crippen LogP contribution is -2.00. The number of fused-ring (bicyclic) bond motifs is 9. The third-order valence-corrected chi connectivity index (χ3v) is 10.8. The minimum absolute atomic E-state index is 0.666. The van der Waals surface area contributed by atoms with Gasteiger partial charge in [0.2, 0.25) is 0 Å². The Bertz CT molecular complexity index is 2780. The maximum atomic E-state index is 5.07. The van der Waals surface area contributed by atoms with Crippen molar-refractivity contribution >= 4 is 63.8 Å². The molecule has 2 aromatic heterocycles. The van der Waals surface area contributed by atoms with Crippen molar-refractivity contribution in [2.24, 2.45) is 0 Å². The predicted octanol–water partition coefficient (Wildman–Crippen LogP) is 12.4. The van der Waals surface area contributed by atoms with Gasteiger partial charge in [-0.3, -0.25) is 0 Å². The van der Waals surface area contributed by atoms with E-state index in [1.807, 2.05) is 47.7 Å². The zero-order valence-electron chi connectivity index (χ0n) is 26.3. The van der Waals surface area contributed by atoms with Crippen molar-refractivity contribution in [1.29, 1.82) is 0 Å². The lowest BCUT2D eigenvalue weighted by Gasteiger charge is -2.12. The Kier molecular flexibility index (Phi) is 6.36. The van der Waals surface area contributed by atoms with Crippen LogP contribution in [0.4, 0.5) is 0 Å². The lowest BCUT2D eigenvalue weighted by molar-refractivity contribution is 1.08. The highest BCUT2D eigenvalue weighted by molar-refractivity contribution is 7.26. The van der Waals surface area contributed by atoms with E-state index in [4.69, 9.17) is 15.0 Å². The number of nitrogens with zero attached hydrogens (tertiary/aromatic N) is 3. The van der Waals surface area contributed by atoms with Gasteiger partial charge in [0.25, 0.3) is 0 Å². The first-order chi connectivity index (χ1) is 24.3. The Morgan fingerprint density at radius 3 is 1.29 bits per heavy atom. The summed E-state index contributed by atoms with van der Waals surface area (Å²) in [5, 5.41) is 10.1. The first kappa shape index (κ1) is 27.8. The molecule has 4 heteroatoms. The Labute approximate surface area is 286 Å². The summed E-state index contributed by atoms with van der Waals surface area (Å²) in [6, 6.07) is 58.0. The van der Waals surface area contributed by atoms with Crippen LogP contribution in [0.2, 0.25) is 0 Å². The monoisotopic (exact) mass is 641 g/mol. The molecule has 0 unspecified atom stereocenters. The molecule has 0 spiro atoms. The second-order valence-electron chi connectivity index (χ2n) is 12.4. The fraction of sp³-hybridized carbons (Fsp3) is 0. The molecule has 0 saturated carbocycles. The summed E-state index contributed by atoms with van der Waals surface area (Å²) in [6.45, 7) is 0. The molecule has 0 amide bonds. The molecule has 0 bridgehead atoms. The molecule has 0 N–H and O–H groups in total. The van der Waals surface area contributed by atoms with Crippen LogP contribution in [0.5, 0.6) is 0 Å². The molecule has 2 heterocycles. The molecule has 0 aliphatic carbocycles. The lowest BCUT2D eigenvalue weighted by atomic mass is 9.92. The van der Waals surface area contributed by atoms with Crippen LogP contribution < -0.4 is 0 Å². The van der Waals surface area contributed by atoms with Gasteiger partial charge in [0.1, 0.15) is 0 Å². The van der Waals surface area contributed by atoms with E-state index >= 15 is 0 Å². The first-order valence-electron chi connectivity index (χ1n) is 16.5. The molecule has 10 aromatic rings. The van der Waals surface area contributed by atoms with Crippen molar-refractivity contribution in [2.75, 3.05) is 0 Å². The van der Waals surface area contributed by atoms with Gasteiger partial charge < -0.3 is 0 Å². The third-order valence-electron chi connectivity index (χ3n) is 9.52. The van der Waals surface area contributed by atoms with E-state index < -0.39 is 0 Å². The van der Waals surface area contributed by atoms with Crippen LogP contribution in [0.3, 0.4) is 0 Å². The number of rotatable bonds is 4. The first-order valence-corrected chi connectivity index (χ1v) is 17.3. The van der Waals surface area contributed by atoms with Crippen molar-refractivity contribution in [2.45, 2.75) is 0 Å². The van der Waals surface area contributed by atoms with Crippen LogP contribution in [-0.4, -0.2) is 15.0 Å². The van der Waals surface area contributed by atoms with Crippen LogP contribution in [0, 0.1) is 0 Å². The van der Waals surface area contributed by atoms with Crippen LogP contribution >= 0.6 is 11.3 Å². The van der Waals surface area contributed by atoms with Gasteiger partial charge in [-0.25, -0.2) is 15.0 Å². The normalized spacial score (nSPS) is 11.7. The topological polar surface area (TPSA) is 38.7 Å². The Hall–Kier alpha value is -6.23. The molecule has 0 fully saturated rings. The van der Waals surface area contributed by atoms with Crippen molar-refractivity contribution in [1.82, 2.24) is 15.0 Å². The molecular formula is C45H27N3S. The highest BCUT2D eigenvalue weighted by Gasteiger charge is 2.18. The van der Waals surface area contributed by atoms with Crippen molar-refractivity contribution < 1.29 is 0 Å². The second-order valence-corrected chi connectivity index (χ2v) is 13.4. The summed E-state index contributed by atoms with van der Waals surface area (Å²) in [7, 11) is 0. The third kappa shape index (κ3) is 4.53. The molecular weight excluding hydrogens is 615 g/mol. The van der Waals surface area contributed by atoms with Gasteiger partial charge in [-0.2, -0.15) is 0 Å². The van der Waals surface area contributed by atoms with Crippen LogP contribution in [0.15, 0.2) is 164 Å². The highest BCUT2D eigenvalue weighted by atomic mass is 32.1. The van der Waals surface area contributed by atoms with Gasteiger partial charge in [0.15, 0.2) is 17.5 Å². The molecule has 8 aromatic carbocycles. The van der Waals surface area contributed by atoms with E-state index in [0.29, 0.717) is 17.5 Å². The fourth-order valence-corrected chi connectivity index (χ4v) is 8.57. The molecule has 0 aliphatic heterocycles. The quantitative estimate of drug-likeness (QED) is 0.180. The summed E-state index contributed by atoms with van der Waals surface area (Å²) in [5.74, 6) is 2.01. The number of thiophene rings is 1. The average Bonchev–Trinajstić information content (AvgIpc) is 3.58. The Morgan fingerprint density at radius 1 is 0.286 bits per heavy atom. The van der Waals surface area contributed by atoms with E-state index in [-0.39, 0.29) is 0 Å². The van der Waals surface area contributed by atoms with Crippen molar-refractivity contribution in [3.8, 4) is 45.3 Å². The zero-order valence-corrected chi connectivity index (χ0v) is 27.2. The standard InChI is InChI=1S/C45H27N3S/c1-3-13-28(14-4-1)43-46-44(29-15-5-2-6-16-29)48-45(47-43)39-24-12-23-38-37-22-11-21-31(41(37)49-42(38)39)30-25-26-36-34-19-8-7-17-32(34)33-18-9-10-20-35(33)40(36)27-30/h1-27H. The van der Waals surface area contributed by atoms with E-state index in [1.165, 1.54) is 63.6 Å². The minimum atomic E-state index is 0.666. The highest BCUT2D eigenvalue weighted by Crippen LogP contribution is 2.45. The zero-order chi connectivity index (χ0) is 32.3. The molecule has 49 heavy (non-hydrogen) atoms. The molecule has 0 saturated heterocycles. The largest absolute Gasteiger partial charge is 0.208 e. The Balaban J connectivity index is 1.19.